The van der Waals surface area contributed by atoms with Gasteiger partial charge in [0.25, 0.3) is 0 Å². The van der Waals surface area contributed by atoms with Gasteiger partial charge in [-0.25, -0.2) is 9.97 Å². The molecule has 31 heavy (non-hydrogen) atoms. The first-order chi connectivity index (χ1) is 15.2. The highest BCUT2D eigenvalue weighted by molar-refractivity contribution is 5.80. The lowest BCUT2D eigenvalue weighted by molar-refractivity contribution is 0.176. The summed E-state index contributed by atoms with van der Waals surface area (Å²) in [6.45, 7) is 10.3. The smallest absolute Gasteiger partial charge is 0.225 e. The second kappa shape index (κ2) is 10.6. The molecule has 2 fully saturated rings. The summed E-state index contributed by atoms with van der Waals surface area (Å²) in [5.41, 5.74) is 2.69. The standard InChI is InChI=1S/C24H35N7/c1-20-5-3-12-29(18-20)19-22-8-6-21(7-9-22)17-28-23(25-2)30-13-15-31(16-14-30)24-26-10-4-11-27-24/h4,6-11,20H,3,5,12-19H2,1-2H3,(H,25,28). The monoisotopic (exact) mass is 421 g/mol. The molecule has 2 saturated heterocycles. The van der Waals surface area contributed by atoms with Gasteiger partial charge in [-0.05, 0) is 42.5 Å². The van der Waals surface area contributed by atoms with Crippen LogP contribution in [0.25, 0.3) is 0 Å². The third-order valence-corrected chi connectivity index (χ3v) is 6.25. The normalized spacial score (nSPS) is 20.7. The second-order valence-corrected chi connectivity index (χ2v) is 8.72. The van der Waals surface area contributed by atoms with E-state index in [-0.39, 0.29) is 0 Å². The van der Waals surface area contributed by atoms with Crippen LogP contribution in [-0.4, -0.2) is 72.0 Å². The van der Waals surface area contributed by atoms with E-state index in [1.807, 2.05) is 13.1 Å². The zero-order chi connectivity index (χ0) is 21.5. The summed E-state index contributed by atoms with van der Waals surface area (Å²) in [5, 5.41) is 3.53. The highest BCUT2D eigenvalue weighted by atomic mass is 15.4. The van der Waals surface area contributed by atoms with E-state index in [2.05, 4.69) is 66.2 Å². The van der Waals surface area contributed by atoms with Crippen molar-refractivity contribution in [3.05, 3.63) is 53.9 Å². The number of piperazine rings is 1. The van der Waals surface area contributed by atoms with Crippen LogP contribution in [0.4, 0.5) is 5.95 Å². The van der Waals surface area contributed by atoms with Gasteiger partial charge in [-0.1, -0.05) is 31.2 Å². The van der Waals surface area contributed by atoms with Crippen LogP contribution < -0.4 is 10.2 Å². The number of guanidine groups is 1. The van der Waals surface area contributed by atoms with Crippen molar-refractivity contribution in [3.63, 3.8) is 0 Å². The lowest BCUT2D eigenvalue weighted by Crippen LogP contribution is -2.52. The Bertz CT molecular complexity index is 829. The molecule has 0 bridgehead atoms. The molecule has 7 heteroatoms. The van der Waals surface area contributed by atoms with E-state index in [0.29, 0.717) is 0 Å². The van der Waals surface area contributed by atoms with Gasteiger partial charge in [-0.2, -0.15) is 0 Å². The fraction of sp³-hybridized carbons (Fsp3) is 0.542. The van der Waals surface area contributed by atoms with E-state index in [4.69, 9.17) is 0 Å². The van der Waals surface area contributed by atoms with Crippen molar-refractivity contribution in [1.82, 2.24) is 25.1 Å². The second-order valence-electron chi connectivity index (χ2n) is 8.72. The molecular formula is C24H35N7. The maximum absolute atomic E-state index is 4.50. The van der Waals surface area contributed by atoms with Crippen LogP contribution in [0, 0.1) is 5.92 Å². The molecule has 3 heterocycles. The minimum absolute atomic E-state index is 0.787. The van der Waals surface area contributed by atoms with Gasteiger partial charge in [0.2, 0.25) is 5.95 Å². The number of hydrogen-bond donors (Lipinski definition) is 1. The lowest BCUT2D eigenvalue weighted by atomic mass is 9.99. The van der Waals surface area contributed by atoms with Crippen molar-refractivity contribution in [3.8, 4) is 0 Å². The molecule has 4 rings (SSSR count). The van der Waals surface area contributed by atoms with E-state index in [1.165, 1.54) is 37.1 Å². The van der Waals surface area contributed by atoms with Crippen molar-refractivity contribution < 1.29 is 0 Å². The predicted molar refractivity (Wildman–Crippen MR) is 126 cm³/mol. The Morgan fingerprint density at radius 3 is 2.42 bits per heavy atom. The maximum Gasteiger partial charge on any atom is 0.225 e. The van der Waals surface area contributed by atoms with Crippen LogP contribution in [0.1, 0.15) is 30.9 Å². The molecule has 166 valence electrons. The molecule has 1 aromatic carbocycles. The minimum Gasteiger partial charge on any atom is -0.352 e. The zero-order valence-corrected chi connectivity index (χ0v) is 18.9. The first-order valence-electron chi connectivity index (χ1n) is 11.5. The van der Waals surface area contributed by atoms with Gasteiger partial charge in [0.05, 0.1) is 0 Å². The number of anilines is 1. The summed E-state index contributed by atoms with van der Waals surface area (Å²) in [7, 11) is 1.86. The summed E-state index contributed by atoms with van der Waals surface area (Å²) < 4.78 is 0. The number of aromatic nitrogens is 2. The summed E-state index contributed by atoms with van der Waals surface area (Å²) in [5.74, 6) is 2.59. The summed E-state index contributed by atoms with van der Waals surface area (Å²) in [4.78, 5) is 20.4. The quantitative estimate of drug-likeness (QED) is 0.592. The SMILES string of the molecule is CN=C(NCc1ccc(CN2CCCC(C)C2)cc1)N1CCN(c2ncccn2)CC1. The van der Waals surface area contributed by atoms with Crippen LogP contribution in [0.2, 0.25) is 0 Å². The predicted octanol–water partition coefficient (Wildman–Crippen LogP) is 2.61. The number of benzene rings is 1. The van der Waals surface area contributed by atoms with E-state index < -0.39 is 0 Å². The van der Waals surface area contributed by atoms with E-state index in [9.17, 15) is 0 Å². The van der Waals surface area contributed by atoms with Crippen molar-refractivity contribution in [1.29, 1.82) is 0 Å². The Morgan fingerprint density at radius 2 is 1.74 bits per heavy atom. The van der Waals surface area contributed by atoms with Crippen molar-refractivity contribution >= 4 is 11.9 Å². The Labute approximate surface area is 186 Å². The van der Waals surface area contributed by atoms with Gasteiger partial charge < -0.3 is 15.1 Å². The van der Waals surface area contributed by atoms with E-state index >= 15 is 0 Å². The maximum atomic E-state index is 4.50. The zero-order valence-electron chi connectivity index (χ0n) is 18.9. The number of nitrogens with zero attached hydrogens (tertiary/aromatic N) is 6. The van der Waals surface area contributed by atoms with E-state index in [0.717, 1.165) is 57.1 Å². The van der Waals surface area contributed by atoms with Gasteiger partial charge in [-0.3, -0.25) is 9.89 Å². The molecule has 2 aliphatic rings. The average molecular weight is 422 g/mol. The van der Waals surface area contributed by atoms with Crippen LogP contribution in [0.15, 0.2) is 47.7 Å². The molecule has 0 amide bonds. The molecule has 1 atom stereocenters. The molecule has 0 saturated carbocycles. The fourth-order valence-electron chi connectivity index (χ4n) is 4.54. The first-order valence-corrected chi connectivity index (χ1v) is 11.5. The molecule has 1 aromatic heterocycles. The molecule has 2 aromatic rings. The van der Waals surface area contributed by atoms with Crippen LogP contribution in [0.5, 0.6) is 0 Å². The summed E-state index contributed by atoms with van der Waals surface area (Å²) >= 11 is 0. The molecule has 0 aliphatic carbocycles. The Balaban J connectivity index is 1.24. The molecule has 0 radical (unpaired) electrons. The van der Waals surface area contributed by atoms with Gasteiger partial charge in [0, 0.05) is 65.3 Å². The molecule has 1 N–H and O–H groups in total. The topological polar surface area (TPSA) is 59.9 Å². The number of piperidine rings is 1. The van der Waals surface area contributed by atoms with Gasteiger partial charge in [0.1, 0.15) is 0 Å². The molecule has 2 aliphatic heterocycles. The third-order valence-electron chi connectivity index (χ3n) is 6.25. The number of aliphatic imine (C=N–C) groups is 1. The largest absolute Gasteiger partial charge is 0.352 e. The average Bonchev–Trinajstić information content (AvgIpc) is 2.81. The highest BCUT2D eigenvalue weighted by Gasteiger charge is 2.21. The highest BCUT2D eigenvalue weighted by Crippen LogP contribution is 2.18. The van der Waals surface area contributed by atoms with Crippen molar-refractivity contribution in [2.24, 2.45) is 10.9 Å². The summed E-state index contributed by atoms with van der Waals surface area (Å²) in [6, 6.07) is 10.9. The summed E-state index contributed by atoms with van der Waals surface area (Å²) in [6.07, 6.45) is 6.30. The van der Waals surface area contributed by atoms with Gasteiger partial charge in [0.15, 0.2) is 5.96 Å². The third kappa shape index (κ3) is 5.94. The Hall–Kier alpha value is -2.67. The van der Waals surface area contributed by atoms with Crippen LogP contribution in [-0.2, 0) is 13.1 Å². The molecule has 7 nitrogen and oxygen atoms in total. The van der Waals surface area contributed by atoms with Crippen LogP contribution >= 0.6 is 0 Å². The van der Waals surface area contributed by atoms with E-state index in [1.54, 1.807) is 12.4 Å². The lowest BCUT2D eigenvalue weighted by Gasteiger charge is -2.36. The van der Waals surface area contributed by atoms with Gasteiger partial charge >= 0.3 is 0 Å². The molecule has 1 unspecified atom stereocenters. The minimum atomic E-state index is 0.787. The number of nitrogens with one attached hydrogen (secondary N) is 1. The number of likely N-dealkylation sites (tertiary alicyclic amines) is 1. The molecular weight excluding hydrogens is 386 g/mol. The first kappa shape index (κ1) is 21.6. The van der Waals surface area contributed by atoms with Crippen molar-refractivity contribution in [2.75, 3.05) is 51.2 Å². The van der Waals surface area contributed by atoms with Crippen LogP contribution in [0.3, 0.4) is 0 Å². The van der Waals surface area contributed by atoms with Crippen molar-refractivity contribution in [2.45, 2.75) is 32.9 Å². The number of hydrogen-bond acceptors (Lipinski definition) is 5. The Morgan fingerprint density at radius 1 is 1.03 bits per heavy atom. The Kier molecular flexibility index (Phi) is 7.35. The number of rotatable bonds is 5. The molecule has 0 spiro atoms. The van der Waals surface area contributed by atoms with Gasteiger partial charge in [-0.15, -0.1) is 0 Å². The fourth-order valence-corrected chi connectivity index (χ4v) is 4.54.